The number of amides is 1. The summed E-state index contributed by atoms with van der Waals surface area (Å²) < 4.78 is 0. The van der Waals surface area contributed by atoms with Gasteiger partial charge in [-0.1, -0.05) is 22.9 Å². The van der Waals surface area contributed by atoms with E-state index in [0.717, 1.165) is 23.9 Å². The molecular weight excluding hydrogens is 268 g/mol. The largest absolute Gasteiger partial charge is 0.335 e. The van der Waals surface area contributed by atoms with Crippen molar-refractivity contribution in [3.63, 3.8) is 0 Å². The predicted octanol–water partition coefficient (Wildman–Crippen LogP) is 2.33. The number of pyridine rings is 1. The fourth-order valence-electron chi connectivity index (χ4n) is 2.16. The standard InChI is InChI=1S/C12H15BrN2O/c1-9-4-7-15(11(9)8-13)12(16)10-2-5-14-6-3-10/h2-3,5-6,9,11H,4,7-8H2,1H3. The molecule has 2 unspecified atom stereocenters. The Balaban J connectivity index is 2.17. The zero-order chi connectivity index (χ0) is 11.5. The topological polar surface area (TPSA) is 33.2 Å². The molecule has 0 N–H and O–H groups in total. The molecule has 0 bridgehead atoms. The van der Waals surface area contributed by atoms with E-state index in [-0.39, 0.29) is 5.91 Å². The van der Waals surface area contributed by atoms with Gasteiger partial charge < -0.3 is 4.90 Å². The fourth-order valence-corrected chi connectivity index (χ4v) is 3.14. The summed E-state index contributed by atoms with van der Waals surface area (Å²) in [5, 5.41) is 0.852. The van der Waals surface area contributed by atoms with Gasteiger partial charge in [-0.05, 0) is 24.5 Å². The summed E-state index contributed by atoms with van der Waals surface area (Å²) in [4.78, 5) is 18.1. The molecular formula is C12H15BrN2O. The van der Waals surface area contributed by atoms with Crippen LogP contribution in [0.4, 0.5) is 0 Å². The van der Waals surface area contributed by atoms with Crippen LogP contribution in [0.15, 0.2) is 24.5 Å². The first kappa shape index (κ1) is 11.6. The van der Waals surface area contributed by atoms with E-state index in [2.05, 4.69) is 27.8 Å². The Kier molecular flexibility index (Phi) is 3.59. The second-order valence-electron chi connectivity index (χ2n) is 4.22. The van der Waals surface area contributed by atoms with Crippen LogP contribution >= 0.6 is 15.9 Å². The highest BCUT2D eigenvalue weighted by atomic mass is 79.9. The number of alkyl halides is 1. The normalized spacial score (nSPS) is 24.8. The van der Waals surface area contributed by atoms with E-state index >= 15 is 0 Å². The molecule has 1 aliphatic heterocycles. The summed E-state index contributed by atoms with van der Waals surface area (Å²) in [6.07, 6.45) is 4.42. The molecule has 1 aliphatic rings. The van der Waals surface area contributed by atoms with E-state index in [1.807, 2.05) is 4.90 Å². The molecule has 0 aromatic carbocycles. The number of likely N-dealkylation sites (tertiary alicyclic amines) is 1. The van der Waals surface area contributed by atoms with Gasteiger partial charge in [0, 0.05) is 35.9 Å². The van der Waals surface area contributed by atoms with Crippen molar-refractivity contribution in [2.75, 3.05) is 11.9 Å². The number of aromatic nitrogens is 1. The summed E-state index contributed by atoms with van der Waals surface area (Å²) >= 11 is 3.49. The third kappa shape index (κ3) is 2.12. The Morgan fingerprint density at radius 1 is 1.56 bits per heavy atom. The summed E-state index contributed by atoms with van der Waals surface area (Å²) in [7, 11) is 0. The number of halogens is 1. The molecule has 4 heteroatoms. The summed E-state index contributed by atoms with van der Waals surface area (Å²) in [5.41, 5.74) is 0.732. The van der Waals surface area contributed by atoms with Crippen LogP contribution in [0.1, 0.15) is 23.7 Å². The number of carbonyl (C=O) groups is 1. The van der Waals surface area contributed by atoms with Gasteiger partial charge in [0.2, 0.25) is 0 Å². The maximum absolute atomic E-state index is 12.2. The molecule has 0 saturated carbocycles. The first-order chi connectivity index (χ1) is 7.74. The van der Waals surface area contributed by atoms with Gasteiger partial charge in [-0.2, -0.15) is 0 Å². The van der Waals surface area contributed by atoms with Crippen LogP contribution in [-0.4, -0.2) is 33.7 Å². The third-order valence-corrected chi connectivity index (χ3v) is 3.89. The average Bonchev–Trinajstić information content (AvgIpc) is 2.70. The molecule has 1 fully saturated rings. The molecule has 0 radical (unpaired) electrons. The minimum absolute atomic E-state index is 0.121. The second-order valence-corrected chi connectivity index (χ2v) is 4.87. The van der Waals surface area contributed by atoms with Crippen molar-refractivity contribution in [2.45, 2.75) is 19.4 Å². The van der Waals surface area contributed by atoms with E-state index in [1.165, 1.54) is 0 Å². The van der Waals surface area contributed by atoms with Crippen molar-refractivity contribution in [1.29, 1.82) is 0 Å². The number of hydrogen-bond acceptors (Lipinski definition) is 2. The first-order valence-corrected chi connectivity index (χ1v) is 6.63. The number of rotatable bonds is 2. The lowest BCUT2D eigenvalue weighted by Gasteiger charge is -2.25. The summed E-state index contributed by atoms with van der Waals surface area (Å²) in [5.74, 6) is 0.696. The Labute approximate surface area is 104 Å². The molecule has 2 rings (SSSR count). The zero-order valence-electron chi connectivity index (χ0n) is 9.27. The van der Waals surface area contributed by atoms with E-state index in [9.17, 15) is 4.79 Å². The molecule has 1 aromatic heterocycles. The van der Waals surface area contributed by atoms with Gasteiger partial charge >= 0.3 is 0 Å². The molecule has 16 heavy (non-hydrogen) atoms. The molecule has 3 nitrogen and oxygen atoms in total. The SMILES string of the molecule is CC1CCN(C(=O)c2ccncc2)C1CBr. The van der Waals surface area contributed by atoms with E-state index < -0.39 is 0 Å². The van der Waals surface area contributed by atoms with Crippen LogP contribution in [0, 0.1) is 5.92 Å². The quantitative estimate of drug-likeness (QED) is 0.780. The highest BCUT2D eigenvalue weighted by Crippen LogP contribution is 2.26. The number of carbonyl (C=O) groups excluding carboxylic acids is 1. The van der Waals surface area contributed by atoms with Crippen molar-refractivity contribution < 1.29 is 4.79 Å². The van der Waals surface area contributed by atoms with Gasteiger partial charge in [0.25, 0.3) is 5.91 Å². The second kappa shape index (κ2) is 4.95. The minimum Gasteiger partial charge on any atom is -0.335 e. The van der Waals surface area contributed by atoms with Crippen LogP contribution in [0.2, 0.25) is 0 Å². The zero-order valence-corrected chi connectivity index (χ0v) is 10.9. The Morgan fingerprint density at radius 3 is 2.88 bits per heavy atom. The van der Waals surface area contributed by atoms with Crippen LogP contribution in [0.5, 0.6) is 0 Å². The van der Waals surface area contributed by atoms with Gasteiger partial charge in [-0.3, -0.25) is 9.78 Å². The van der Waals surface area contributed by atoms with Gasteiger partial charge in [0.1, 0.15) is 0 Å². The van der Waals surface area contributed by atoms with Crippen molar-refractivity contribution in [1.82, 2.24) is 9.88 Å². The Morgan fingerprint density at radius 2 is 2.25 bits per heavy atom. The molecule has 86 valence electrons. The monoisotopic (exact) mass is 282 g/mol. The first-order valence-electron chi connectivity index (χ1n) is 5.51. The molecule has 1 amide bonds. The van der Waals surface area contributed by atoms with Crippen molar-refractivity contribution in [3.05, 3.63) is 30.1 Å². The average molecular weight is 283 g/mol. The van der Waals surface area contributed by atoms with E-state index in [0.29, 0.717) is 12.0 Å². The van der Waals surface area contributed by atoms with Gasteiger partial charge in [-0.15, -0.1) is 0 Å². The molecule has 1 aromatic rings. The number of hydrogen-bond donors (Lipinski definition) is 0. The number of nitrogens with zero attached hydrogens (tertiary/aromatic N) is 2. The smallest absolute Gasteiger partial charge is 0.254 e. The van der Waals surface area contributed by atoms with Gasteiger partial charge in [0.05, 0.1) is 0 Å². The van der Waals surface area contributed by atoms with Crippen LogP contribution < -0.4 is 0 Å². The lowest BCUT2D eigenvalue weighted by atomic mass is 10.0. The van der Waals surface area contributed by atoms with E-state index in [4.69, 9.17) is 0 Å². The molecule has 2 atom stereocenters. The molecule has 0 aliphatic carbocycles. The van der Waals surface area contributed by atoms with Gasteiger partial charge in [-0.25, -0.2) is 0 Å². The van der Waals surface area contributed by atoms with E-state index in [1.54, 1.807) is 24.5 Å². The Hall–Kier alpha value is -0.900. The maximum Gasteiger partial charge on any atom is 0.254 e. The third-order valence-electron chi connectivity index (χ3n) is 3.23. The molecule has 2 heterocycles. The van der Waals surface area contributed by atoms with Crippen molar-refractivity contribution >= 4 is 21.8 Å². The van der Waals surface area contributed by atoms with Gasteiger partial charge in [0.15, 0.2) is 0 Å². The lowest BCUT2D eigenvalue weighted by molar-refractivity contribution is 0.0738. The molecule has 0 spiro atoms. The highest BCUT2D eigenvalue weighted by molar-refractivity contribution is 9.09. The maximum atomic E-state index is 12.2. The molecule has 1 saturated heterocycles. The fraction of sp³-hybridized carbons (Fsp3) is 0.500. The van der Waals surface area contributed by atoms with Crippen LogP contribution in [0.25, 0.3) is 0 Å². The van der Waals surface area contributed by atoms with Crippen molar-refractivity contribution in [3.8, 4) is 0 Å². The minimum atomic E-state index is 0.121. The Bertz CT molecular complexity index is 369. The van der Waals surface area contributed by atoms with Crippen molar-refractivity contribution in [2.24, 2.45) is 5.92 Å². The van der Waals surface area contributed by atoms with Crippen LogP contribution in [0.3, 0.4) is 0 Å². The highest BCUT2D eigenvalue weighted by Gasteiger charge is 2.33. The lowest BCUT2D eigenvalue weighted by Crippen LogP contribution is -2.38. The van der Waals surface area contributed by atoms with Crippen LogP contribution in [-0.2, 0) is 0 Å². The summed E-state index contributed by atoms with van der Waals surface area (Å²) in [6, 6.07) is 3.87. The predicted molar refractivity (Wildman–Crippen MR) is 66.6 cm³/mol. The summed E-state index contributed by atoms with van der Waals surface area (Å²) in [6.45, 7) is 3.06.